The zero-order valence-corrected chi connectivity index (χ0v) is 10.3. The Kier molecular flexibility index (Phi) is 5.84. The molecule has 0 atom stereocenters. The van der Waals surface area contributed by atoms with Gasteiger partial charge in [-0.25, -0.2) is 8.78 Å². The van der Waals surface area contributed by atoms with Gasteiger partial charge in [-0.1, -0.05) is 26.0 Å². The van der Waals surface area contributed by atoms with Gasteiger partial charge in [0.05, 0.1) is 0 Å². The van der Waals surface area contributed by atoms with Crippen molar-refractivity contribution in [2.24, 2.45) is 5.92 Å². The molecule has 0 saturated heterocycles. The number of nitrogens with one attached hydrogen (secondary N) is 1. The van der Waals surface area contributed by atoms with Crippen LogP contribution in [0.15, 0.2) is 24.3 Å². The van der Waals surface area contributed by atoms with Crippen molar-refractivity contribution in [1.82, 2.24) is 5.32 Å². The topological polar surface area (TPSA) is 12.0 Å². The van der Waals surface area contributed by atoms with E-state index in [4.69, 9.17) is 0 Å². The normalized spacial score (nSPS) is 11.6. The van der Waals surface area contributed by atoms with Gasteiger partial charge in [0, 0.05) is 6.07 Å². The van der Waals surface area contributed by atoms with Crippen LogP contribution in [-0.4, -0.2) is 13.1 Å². The number of hydrogen-bond donors (Lipinski definition) is 1. The highest BCUT2D eigenvalue weighted by molar-refractivity contribution is 5.49. The molecular weight excluding hydrogens is 220 g/mol. The molecule has 0 amide bonds. The minimum atomic E-state index is -0.539. The second-order valence-electron chi connectivity index (χ2n) is 4.49. The Morgan fingerprint density at radius 3 is 2.41 bits per heavy atom. The lowest BCUT2D eigenvalue weighted by molar-refractivity contribution is 0.557. The Labute approximate surface area is 102 Å². The quantitative estimate of drug-likeness (QED) is 0.748. The van der Waals surface area contributed by atoms with E-state index in [0.717, 1.165) is 25.6 Å². The molecule has 0 aromatic heterocycles. The van der Waals surface area contributed by atoms with Crippen LogP contribution in [0.5, 0.6) is 0 Å². The minimum absolute atomic E-state index is 0.539. The van der Waals surface area contributed by atoms with Crippen molar-refractivity contribution in [3.05, 3.63) is 41.5 Å². The van der Waals surface area contributed by atoms with E-state index in [1.807, 2.05) is 6.08 Å². The molecule has 1 N–H and O–H groups in total. The first-order valence-corrected chi connectivity index (χ1v) is 5.91. The highest BCUT2D eigenvalue weighted by Crippen LogP contribution is 2.09. The molecule has 17 heavy (non-hydrogen) atoms. The van der Waals surface area contributed by atoms with Crippen molar-refractivity contribution in [2.45, 2.75) is 20.3 Å². The average molecular weight is 239 g/mol. The van der Waals surface area contributed by atoms with Gasteiger partial charge in [-0.05, 0) is 43.1 Å². The van der Waals surface area contributed by atoms with Crippen LogP contribution in [0.3, 0.4) is 0 Å². The summed E-state index contributed by atoms with van der Waals surface area (Å²) >= 11 is 0. The number of hydrogen-bond acceptors (Lipinski definition) is 1. The van der Waals surface area contributed by atoms with Gasteiger partial charge in [0.1, 0.15) is 11.6 Å². The summed E-state index contributed by atoms with van der Waals surface area (Å²) in [5.41, 5.74) is 0.561. The van der Waals surface area contributed by atoms with Crippen molar-refractivity contribution >= 4 is 6.08 Å². The third-order valence-electron chi connectivity index (χ3n) is 2.24. The van der Waals surface area contributed by atoms with Gasteiger partial charge < -0.3 is 5.32 Å². The molecule has 1 nitrogen and oxygen atoms in total. The lowest BCUT2D eigenvalue weighted by atomic mass is 10.2. The standard InChI is InChI=1S/C14H19F2N/c1-11(2)10-17-6-4-3-5-12-7-13(15)9-14(16)8-12/h3,5,7-9,11,17H,4,6,10H2,1-2H3. The fraction of sp³-hybridized carbons (Fsp3) is 0.429. The van der Waals surface area contributed by atoms with Crippen LogP contribution in [0.2, 0.25) is 0 Å². The molecule has 0 spiro atoms. The molecule has 0 bridgehead atoms. The van der Waals surface area contributed by atoms with Gasteiger partial charge in [0.25, 0.3) is 0 Å². The molecule has 94 valence electrons. The van der Waals surface area contributed by atoms with Gasteiger partial charge in [-0.2, -0.15) is 0 Å². The molecule has 0 saturated carbocycles. The Morgan fingerprint density at radius 1 is 1.18 bits per heavy atom. The molecule has 1 rings (SSSR count). The van der Waals surface area contributed by atoms with E-state index in [1.54, 1.807) is 6.08 Å². The van der Waals surface area contributed by atoms with E-state index in [-0.39, 0.29) is 0 Å². The summed E-state index contributed by atoms with van der Waals surface area (Å²) in [7, 11) is 0. The van der Waals surface area contributed by atoms with Crippen molar-refractivity contribution in [3.63, 3.8) is 0 Å². The third-order valence-corrected chi connectivity index (χ3v) is 2.24. The molecule has 1 aromatic carbocycles. The largest absolute Gasteiger partial charge is 0.316 e. The van der Waals surface area contributed by atoms with Crippen LogP contribution in [0.4, 0.5) is 8.78 Å². The Bertz CT molecular complexity index is 352. The summed E-state index contributed by atoms with van der Waals surface area (Å²) in [6.07, 6.45) is 4.51. The van der Waals surface area contributed by atoms with Gasteiger partial charge in [0.15, 0.2) is 0 Å². The zero-order valence-electron chi connectivity index (χ0n) is 10.3. The van der Waals surface area contributed by atoms with E-state index in [9.17, 15) is 8.78 Å². The highest BCUT2D eigenvalue weighted by atomic mass is 19.1. The lowest BCUT2D eigenvalue weighted by Gasteiger charge is -2.04. The fourth-order valence-corrected chi connectivity index (χ4v) is 1.47. The fourth-order valence-electron chi connectivity index (χ4n) is 1.47. The predicted octanol–water partition coefficient (Wildman–Crippen LogP) is 3.61. The van der Waals surface area contributed by atoms with E-state index >= 15 is 0 Å². The van der Waals surface area contributed by atoms with Gasteiger partial charge in [-0.3, -0.25) is 0 Å². The Hall–Kier alpha value is -1.22. The molecule has 1 aromatic rings. The monoisotopic (exact) mass is 239 g/mol. The maximum absolute atomic E-state index is 12.9. The van der Waals surface area contributed by atoms with Crippen molar-refractivity contribution in [3.8, 4) is 0 Å². The lowest BCUT2D eigenvalue weighted by Crippen LogP contribution is -2.20. The minimum Gasteiger partial charge on any atom is -0.316 e. The van der Waals surface area contributed by atoms with Crippen LogP contribution >= 0.6 is 0 Å². The molecule has 0 aliphatic heterocycles. The van der Waals surface area contributed by atoms with Crippen LogP contribution < -0.4 is 5.32 Å². The third kappa shape index (κ3) is 6.17. The summed E-state index contributed by atoms with van der Waals surface area (Å²) in [4.78, 5) is 0. The van der Waals surface area contributed by atoms with E-state index < -0.39 is 11.6 Å². The SMILES string of the molecule is CC(C)CNCCC=Cc1cc(F)cc(F)c1. The zero-order chi connectivity index (χ0) is 12.7. The molecule has 0 fully saturated rings. The van der Waals surface area contributed by atoms with Crippen molar-refractivity contribution in [2.75, 3.05) is 13.1 Å². The Balaban J connectivity index is 2.33. The van der Waals surface area contributed by atoms with Crippen LogP contribution in [0.25, 0.3) is 6.08 Å². The molecule has 0 aliphatic carbocycles. The van der Waals surface area contributed by atoms with E-state index in [2.05, 4.69) is 19.2 Å². The second kappa shape index (κ2) is 7.17. The number of rotatable bonds is 6. The number of benzene rings is 1. The maximum Gasteiger partial charge on any atom is 0.126 e. The van der Waals surface area contributed by atoms with E-state index in [1.165, 1.54) is 12.1 Å². The van der Waals surface area contributed by atoms with Gasteiger partial charge in [0.2, 0.25) is 0 Å². The smallest absolute Gasteiger partial charge is 0.126 e. The van der Waals surface area contributed by atoms with E-state index in [0.29, 0.717) is 11.5 Å². The van der Waals surface area contributed by atoms with Gasteiger partial charge in [-0.15, -0.1) is 0 Å². The Morgan fingerprint density at radius 2 is 1.82 bits per heavy atom. The van der Waals surface area contributed by atoms with Gasteiger partial charge >= 0.3 is 0 Å². The summed E-state index contributed by atoms with van der Waals surface area (Å²) in [5.74, 6) is -0.443. The molecule has 3 heteroatoms. The molecule has 0 heterocycles. The van der Waals surface area contributed by atoms with Crippen molar-refractivity contribution in [1.29, 1.82) is 0 Å². The molecule has 0 unspecified atom stereocenters. The maximum atomic E-state index is 12.9. The van der Waals surface area contributed by atoms with Crippen LogP contribution in [0.1, 0.15) is 25.8 Å². The first kappa shape index (κ1) is 13.8. The average Bonchev–Trinajstić information content (AvgIpc) is 2.21. The summed E-state index contributed by atoms with van der Waals surface area (Å²) in [6, 6.07) is 3.52. The molecule has 0 aliphatic rings. The highest BCUT2D eigenvalue weighted by Gasteiger charge is 1.97. The predicted molar refractivity (Wildman–Crippen MR) is 67.7 cm³/mol. The second-order valence-corrected chi connectivity index (χ2v) is 4.49. The summed E-state index contributed by atoms with van der Waals surface area (Å²) in [5, 5.41) is 3.29. The van der Waals surface area contributed by atoms with Crippen molar-refractivity contribution < 1.29 is 8.78 Å². The summed E-state index contributed by atoms with van der Waals surface area (Å²) < 4.78 is 25.7. The first-order chi connectivity index (χ1) is 8.08. The summed E-state index contributed by atoms with van der Waals surface area (Å²) in [6.45, 7) is 6.17. The molecule has 0 radical (unpaired) electrons. The number of halogens is 2. The first-order valence-electron chi connectivity index (χ1n) is 5.91. The molecular formula is C14H19F2N. The van der Waals surface area contributed by atoms with Crippen LogP contribution in [0, 0.1) is 17.6 Å². The van der Waals surface area contributed by atoms with Crippen LogP contribution in [-0.2, 0) is 0 Å².